The summed E-state index contributed by atoms with van der Waals surface area (Å²) in [6, 6.07) is 10.4. The Balaban J connectivity index is 2.30. The first kappa shape index (κ1) is 16.0. The third kappa shape index (κ3) is 3.27. The first-order chi connectivity index (χ1) is 9.99. The van der Waals surface area contributed by atoms with Crippen molar-refractivity contribution in [1.82, 2.24) is 4.90 Å². The minimum Gasteiger partial charge on any atom is -0.467 e. The van der Waals surface area contributed by atoms with Gasteiger partial charge in [-0.05, 0) is 32.3 Å². The highest BCUT2D eigenvalue weighted by atomic mass is 16.5. The van der Waals surface area contributed by atoms with Crippen LogP contribution in [-0.2, 0) is 15.1 Å². The number of hydrogen-bond acceptors (Lipinski definition) is 4. The van der Waals surface area contributed by atoms with Crippen molar-refractivity contribution in [3.63, 3.8) is 0 Å². The monoisotopic (exact) mass is 290 g/mol. The number of nitrogens with two attached hydrogens (primary N) is 1. The normalized spacial score (nSPS) is 26.1. The highest BCUT2D eigenvalue weighted by Crippen LogP contribution is 2.28. The van der Waals surface area contributed by atoms with Crippen molar-refractivity contribution in [1.29, 1.82) is 0 Å². The highest BCUT2D eigenvalue weighted by Gasteiger charge is 2.41. The quantitative estimate of drug-likeness (QED) is 0.864. The largest absolute Gasteiger partial charge is 0.467 e. The Labute approximate surface area is 127 Å². The molecule has 4 nitrogen and oxygen atoms in total. The van der Waals surface area contributed by atoms with Crippen molar-refractivity contribution in [3.8, 4) is 0 Å². The van der Waals surface area contributed by atoms with Crippen molar-refractivity contribution >= 4 is 5.97 Å². The zero-order chi connectivity index (χ0) is 15.5. The zero-order valence-corrected chi connectivity index (χ0v) is 13.2. The van der Waals surface area contributed by atoms with Crippen LogP contribution in [0.15, 0.2) is 30.3 Å². The average molecular weight is 290 g/mol. The first-order valence-electron chi connectivity index (χ1n) is 7.67. The molecule has 0 spiro atoms. The van der Waals surface area contributed by atoms with E-state index in [2.05, 4.69) is 18.7 Å². The third-order valence-electron chi connectivity index (χ3n) is 4.65. The van der Waals surface area contributed by atoms with Gasteiger partial charge in [0.1, 0.15) is 0 Å². The van der Waals surface area contributed by atoms with Gasteiger partial charge in [0.25, 0.3) is 0 Å². The molecule has 1 saturated heterocycles. The van der Waals surface area contributed by atoms with E-state index in [0.717, 1.165) is 18.4 Å². The van der Waals surface area contributed by atoms with Gasteiger partial charge in [-0.3, -0.25) is 4.90 Å². The number of rotatable bonds is 4. The summed E-state index contributed by atoms with van der Waals surface area (Å²) in [4.78, 5) is 14.7. The van der Waals surface area contributed by atoms with Crippen LogP contribution in [0.2, 0.25) is 0 Å². The van der Waals surface area contributed by atoms with E-state index < -0.39 is 5.54 Å². The van der Waals surface area contributed by atoms with Gasteiger partial charge < -0.3 is 10.5 Å². The lowest BCUT2D eigenvalue weighted by molar-refractivity contribution is -0.149. The topological polar surface area (TPSA) is 55.6 Å². The molecule has 1 aliphatic rings. The van der Waals surface area contributed by atoms with Crippen molar-refractivity contribution in [2.75, 3.05) is 13.7 Å². The third-order valence-corrected chi connectivity index (χ3v) is 4.65. The summed E-state index contributed by atoms with van der Waals surface area (Å²) in [6.45, 7) is 4.91. The van der Waals surface area contributed by atoms with Crippen molar-refractivity contribution in [2.24, 2.45) is 5.73 Å². The number of esters is 1. The molecule has 0 radical (unpaired) electrons. The van der Waals surface area contributed by atoms with Crippen molar-refractivity contribution in [2.45, 2.75) is 50.7 Å². The van der Waals surface area contributed by atoms with Gasteiger partial charge in [0.2, 0.25) is 0 Å². The lowest BCUT2D eigenvalue weighted by Crippen LogP contribution is -2.58. The molecule has 1 aromatic rings. The molecule has 1 heterocycles. The van der Waals surface area contributed by atoms with E-state index in [1.807, 2.05) is 30.3 Å². The van der Waals surface area contributed by atoms with E-state index >= 15 is 0 Å². The van der Waals surface area contributed by atoms with Gasteiger partial charge in [0, 0.05) is 18.6 Å². The number of ether oxygens (including phenoxy) is 1. The van der Waals surface area contributed by atoms with Crippen LogP contribution in [0, 0.1) is 0 Å². The van der Waals surface area contributed by atoms with E-state index in [9.17, 15) is 4.79 Å². The fourth-order valence-corrected chi connectivity index (χ4v) is 3.27. The van der Waals surface area contributed by atoms with Crippen molar-refractivity contribution < 1.29 is 9.53 Å². The van der Waals surface area contributed by atoms with Crippen LogP contribution in [0.5, 0.6) is 0 Å². The van der Waals surface area contributed by atoms with Crippen LogP contribution >= 0.6 is 0 Å². The second-order valence-electron chi connectivity index (χ2n) is 6.13. The van der Waals surface area contributed by atoms with Gasteiger partial charge in [0.15, 0.2) is 5.54 Å². The Bertz CT molecular complexity index is 467. The molecule has 0 amide bonds. The molecular weight excluding hydrogens is 264 g/mol. The number of carbonyl (C=O) groups is 1. The minimum atomic E-state index is -1.12. The average Bonchev–Trinajstić information content (AvgIpc) is 2.51. The first-order valence-corrected chi connectivity index (χ1v) is 7.67. The van der Waals surface area contributed by atoms with Crippen LogP contribution in [0.25, 0.3) is 0 Å². The van der Waals surface area contributed by atoms with Crippen LogP contribution < -0.4 is 5.73 Å². The molecule has 3 unspecified atom stereocenters. The summed E-state index contributed by atoms with van der Waals surface area (Å²) in [7, 11) is 1.40. The van der Waals surface area contributed by atoms with Crippen LogP contribution in [-0.4, -0.2) is 36.6 Å². The summed E-state index contributed by atoms with van der Waals surface area (Å²) >= 11 is 0. The molecule has 4 heteroatoms. The van der Waals surface area contributed by atoms with Gasteiger partial charge in [-0.1, -0.05) is 36.8 Å². The maximum absolute atomic E-state index is 12.3. The maximum Gasteiger partial charge on any atom is 0.331 e. The summed E-state index contributed by atoms with van der Waals surface area (Å²) in [5.74, 6) is -0.376. The molecule has 0 aromatic heterocycles. The number of methoxy groups -OCH3 is 1. The number of piperidine rings is 1. The molecule has 21 heavy (non-hydrogen) atoms. The Morgan fingerprint density at radius 2 is 1.86 bits per heavy atom. The molecule has 2 N–H and O–H groups in total. The number of likely N-dealkylation sites (tertiary alicyclic amines) is 1. The molecule has 2 rings (SSSR count). The predicted molar refractivity (Wildman–Crippen MR) is 83.8 cm³/mol. The second kappa shape index (κ2) is 6.58. The molecule has 0 aliphatic carbocycles. The van der Waals surface area contributed by atoms with Gasteiger partial charge >= 0.3 is 5.97 Å². The molecule has 0 bridgehead atoms. The van der Waals surface area contributed by atoms with Gasteiger partial charge in [-0.15, -0.1) is 0 Å². The van der Waals surface area contributed by atoms with E-state index in [4.69, 9.17) is 10.5 Å². The van der Waals surface area contributed by atoms with Gasteiger partial charge in [0.05, 0.1) is 7.11 Å². The number of benzene rings is 1. The highest BCUT2D eigenvalue weighted by molar-refractivity contribution is 5.82. The number of hydrogen-bond donors (Lipinski definition) is 1. The lowest BCUT2D eigenvalue weighted by atomic mass is 9.87. The summed E-state index contributed by atoms with van der Waals surface area (Å²) in [6.07, 6.45) is 3.53. The molecule has 116 valence electrons. The van der Waals surface area contributed by atoms with Crippen molar-refractivity contribution in [3.05, 3.63) is 35.9 Å². The fraction of sp³-hybridized carbons (Fsp3) is 0.588. The fourth-order valence-electron chi connectivity index (χ4n) is 3.27. The molecule has 1 fully saturated rings. The van der Waals surface area contributed by atoms with Gasteiger partial charge in [-0.25, -0.2) is 4.79 Å². The summed E-state index contributed by atoms with van der Waals surface area (Å²) in [5.41, 5.74) is 6.20. The van der Waals surface area contributed by atoms with E-state index in [0.29, 0.717) is 18.6 Å². The van der Waals surface area contributed by atoms with E-state index in [1.54, 1.807) is 0 Å². The predicted octanol–water partition coefficient (Wildman–Crippen LogP) is 2.28. The Morgan fingerprint density at radius 1 is 1.29 bits per heavy atom. The smallest absolute Gasteiger partial charge is 0.331 e. The zero-order valence-electron chi connectivity index (χ0n) is 13.2. The van der Waals surface area contributed by atoms with Gasteiger partial charge in [-0.2, -0.15) is 0 Å². The molecule has 0 saturated carbocycles. The lowest BCUT2D eigenvalue weighted by Gasteiger charge is -2.43. The summed E-state index contributed by atoms with van der Waals surface area (Å²) < 4.78 is 4.99. The number of nitrogens with zero attached hydrogens (tertiary/aromatic N) is 1. The Kier molecular flexibility index (Phi) is 5.01. The van der Waals surface area contributed by atoms with Crippen LogP contribution in [0.3, 0.4) is 0 Å². The molecule has 3 atom stereocenters. The number of carbonyl (C=O) groups excluding carboxylic acids is 1. The van der Waals surface area contributed by atoms with Crippen LogP contribution in [0.1, 0.15) is 38.7 Å². The Morgan fingerprint density at radius 3 is 2.38 bits per heavy atom. The molecule has 1 aliphatic heterocycles. The van der Waals surface area contributed by atoms with E-state index in [-0.39, 0.29) is 5.97 Å². The minimum absolute atomic E-state index is 0.376. The molecule has 1 aromatic carbocycles. The maximum atomic E-state index is 12.3. The summed E-state index contributed by atoms with van der Waals surface area (Å²) in [5, 5.41) is 0. The van der Waals surface area contributed by atoms with E-state index in [1.165, 1.54) is 13.5 Å². The second-order valence-corrected chi connectivity index (χ2v) is 6.13. The van der Waals surface area contributed by atoms with Crippen LogP contribution in [0.4, 0.5) is 0 Å². The Hall–Kier alpha value is -1.39. The molecular formula is C17H26N2O2. The standard InChI is InChI=1S/C17H26N2O2/c1-13-8-7-9-14(2)19(13)12-17(18,16(20)21-3)15-10-5-4-6-11-15/h4-6,10-11,13-14H,7-9,12,18H2,1-3H3. The SMILES string of the molecule is COC(=O)C(N)(CN1C(C)CCCC1C)c1ccccc1.